The number of anilines is 1. The van der Waals surface area contributed by atoms with Gasteiger partial charge in [-0.2, -0.15) is 0 Å². The molecule has 1 heterocycles. The third-order valence-electron chi connectivity index (χ3n) is 2.43. The maximum atomic E-state index is 5.40. The van der Waals surface area contributed by atoms with Gasteiger partial charge in [-0.25, -0.2) is 0 Å². The molecule has 0 atom stereocenters. The van der Waals surface area contributed by atoms with E-state index in [1.807, 2.05) is 24.3 Å². The van der Waals surface area contributed by atoms with Gasteiger partial charge in [-0.15, -0.1) is 0 Å². The van der Waals surface area contributed by atoms with Gasteiger partial charge in [0.05, 0.1) is 17.3 Å². The molecule has 1 N–H and O–H groups in total. The summed E-state index contributed by atoms with van der Waals surface area (Å²) in [5.41, 5.74) is 2.05. The molecule has 0 aliphatic heterocycles. The lowest BCUT2D eigenvalue weighted by Crippen LogP contribution is -2.02. The Morgan fingerprint density at radius 3 is 2.83 bits per heavy atom. The molecule has 3 nitrogen and oxygen atoms in total. The summed E-state index contributed by atoms with van der Waals surface area (Å²) >= 11 is 6.97. The third kappa shape index (κ3) is 3.23. The summed E-state index contributed by atoms with van der Waals surface area (Å²) in [5, 5.41) is 3.31. The minimum Gasteiger partial charge on any atom is -0.495 e. The number of nitrogens with zero attached hydrogens (tertiary/aromatic N) is 1. The Kier molecular flexibility index (Phi) is 4.60. The number of nitrogens with one attached hydrogen (secondary N) is 1. The molecule has 0 spiro atoms. The van der Waals surface area contributed by atoms with Crippen molar-refractivity contribution in [1.82, 2.24) is 4.98 Å². The highest BCUT2D eigenvalue weighted by molar-refractivity contribution is 9.11. The summed E-state index contributed by atoms with van der Waals surface area (Å²) in [6, 6.07) is 7.88. The Bertz CT molecular complexity index is 532. The molecule has 0 amide bonds. The summed E-state index contributed by atoms with van der Waals surface area (Å²) in [7, 11) is 1.67. The normalized spacial score (nSPS) is 10.2. The minimum atomic E-state index is 0.674. The first-order valence-electron chi connectivity index (χ1n) is 5.36. The highest BCUT2D eigenvalue weighted by atomic mass is 79.9. The molecule has 0 saturated heterocycles. The van der Waals surface area contributed by atoms with Crippen molar-refractivity contribution in [3.63, 3.8) is 0 Å². The minimum absolute atomic E-state index is 0.674. The van der Waals surface area contributed by atoms with Gasteiger partial charge in [-0.3, -0.25) is 4.98 Å². The summed E-state index contributed by atoms with van der Waals surface area (Å²) in [5.74, 6) is 0.842. The van der Waals surface area contributed by atoms with Crippen LogP contribution in [0.2, 0.25) is 0 Å². The van der Waals surface area contributed by atoms with E-state index in [2.05, 4.69) is 42.2 Å². The Morgan fingerprint density at radius 2 is 2.17 bits per heavy atom. The lowest BCUT2D eigenvalue weighted by Gasteiger charge is -2.12. The van der Waals surface area contributed by atoms with Crippen molar-refractivity contribution >= 4 is 37.5 Å². The van der Waals surface area contributed by atoms with Crippen molar-refractivity contribution in [2.45, 2.75) is 6.54 Å². The van der Waals surface area contributed by atoms with Crippen LogP contribution >= 0.6 is 31.9 Å². The standard InChI is InChI=1S/C13H12Br2N2O/c1-18-13-9(5-10(14)6-12(13)15)7-17-11-3-2-4-16-8-11/h2-6,8,17H,7H2,1H3. The zero-order valence-electron chi connectivity index (χ0n) is 9.78. The second-order valence-corrected chi connectivity index (χ2v) is 5.45. The first-order chi connectivity index (χ1) is 8.70. The van der Waals surface area contributed by atoms with Crippen LogP contribution in [0, 0.1) is 0 Å². The fourth-order valence-corrected chi connectivity index (χ4v) is 3.11. The number of hydrogen-bond donors (Lipinski definition) is 1. The van der Waals surface area contributed by atoms with E-state index >= 15 is 0 Å². The molecule has 0 bridgehead atoms. The molecule has 0 fully saturated rings. The van der Waals surface area contributed by atoms with Gasteiger partial charge in [-0.05, 0) is 40.2 Å². The number of hydrogen-bond acceptors (Lipinski definition) is 3. The molecule has 0 aliphatic carbocycles. The first-order valence-corrected chi connectivity index (χ1v) is 6.95. The molecule has 94 valence electrons. The van der Waals surface area contributed by atoms with Gasteiger partial charge in [0.15, 0.2) is 0 Å². The summed E-state index contributed by atoms with van der Waals surface area (Å²) in [6.07, 6.45) is 3.54. The summed E-state index contributed by atoms with van der Waals surface area (Å²) in [4.78, 5) is 4.06. The zero-order valence-corrected chi connectivity index (χ0v) is 13.0. The average molecular weight is 372 g/mol. The van der Waals surface area contributed by atoms with Gasteiger partial charge in [0.2, 0.25) is 0 Å². The maximum absolute atomic E-state index is 5.40. The molecule has 2 aromatic rings. The van der Waals surface area contributed by atoms with Gasteiger partial charge in [0.25, 0.3) is 0 Å². The van der Waals surface area contributed by atoms with Crippen LogP contribution in [0.15, 0.2) is 45.6 Å². The molecule has 18 heavy (non-hydrogen) atoms. The Morgan fingerprint density at radius 1 is 1.33 bits per heavy atom. The number of rotatable bonds is 4. The van der Waals surface area contributed by atoms with Crippen LogP contribution in [0.5, 0.6) is 5.75 Å². The number of halogens is 2. The molecule has 0 unspecified atom stereocenters. The van der Waals surface area contributed by atoms with Gasteiger partial charge in [-0.1, -0.05) is 15.9 Å². The Labute approximate surface area is 123 Å². The molecular formula is C13H12Br2N2O. The van der Waals surface area contributed by atoms with Crippen molar-refractivity contribution in [3.05, 3.63) is 51.2 Å². The van der Waals surface area contributed by atoms with E-state index in [9.17, 15) is 0 Å². The van der Waals surface area contributed by atoms with Crippen LogP contribution < -0.4 is 10.1 Å². The lowest BCUT2D eigenvalue weighted by atomic mass is 10.2. The second-order valence-electron chi connectivity index (χ2n) is 3.68. The highest BCUT2D eigenvalue weighted by Gasteiger charge is 2.09. The van der Waals surface area contributed by atoms with Gasteiger partial charge < -0.3 is 10.1 Å². The number of aromatic nitrogens is 1. The van der Waals surface area contributed by atoms with Crippen molar-refractivity contribution in [2.24, 2.45) is 0 Å². The fraction of sp³-hybridized carbons (Fsp3) is 0.154. The van der Waals surface area contributed by atoms with Crippen LogP contribution in [0.25, 0.3) is 0 Å². The topological polar surface area (TPSA) is 34.1 Å². The average Bonchev–Trinajstić information content (AvgIpc) is 2.37. The lowest BCUT2D eigenvalue weighted by molar-refractivity contribution is 0.407. The van der Waals surface area contributed by atoms with Crippen LogP contribution in [-0.2, 0) is 6.54 Å². The van der Waals surface area contributed by atoms with Crippen LogP contribution in [0.1, 0.15) is 5.56 Å². The monoisotopic (exact) mass is 370 g/mol. The van der Waals surface area contributed by atoms with Gasteiger partial charge in [0.1, 0.15) is 5.75 Å². The molecule has 0 saturated carbocycles. The van der Waals surface area contributed by atoms with Crippen molar-refractivity contribution in [3.8, 4) is 5.75 Å². The molecule has 2 rings (SSSR count). The van der Waals surface area contributed by atoms with Crippen LogP contribution in [-0.4, -0.2) is 12.1 Å². The molecule has 1 aromatic carbocycles. The number of ether oxygens (including phenoxy) is 1. The number of pyridine rings is 1. The summed E-state index contributed by atoms with van der Waals surface area (Å²) < 4.78 is 7.34. The molecule has 5 heteroatoms. The second kappa shape index (κ2) is 6.20. The van der Waals surface area contributed by atoms with Crippen molar-refractivity contribution in [1.29, 1.82) is 0 Å². The van der Waals surface area contributed by atoms with E-state index in [0.717, 1.165) is 25.9 Å². The maximum Gasteiger partial charge on any atom is 0.138 e. The largest absolute Gasteiger partial charge is 0.495 e. The van der Waals surface area contributed by atoms with Crippen LogP contribution in [0.4, 0.5) is 5.69 Å². The molecule has 0 aliphatic rings. The van der Waals surface area contributed by atoms with Crippen molar-refractivity contribution in [2.75, 3.05) is 12.4 Å². The predicted octanol–water partition coefficient (Wildman–Crippen LogP) is 4.23. The van der Waals surface area contributed by atoms with Gasteiger partial charge >= 0.3 is 0 Å². The molecular weight excluding hydrogens is 360 g/mol. The Balaban J connectivity index is 2.18. The number of methoxy groups -OCH3 is 1. The molecule has 0 radical (unpaired) electrons. The van der Waals surface area contributed by atoms with E-state index in [1.165, 1.54) is 0 Å². The highest BCUT2D eigenvalue weighted by Crippen LogP contribution is 2.33. The first kappa shape index (κ1) is 13.4. The van der Waals surface area contributed by atoms with Crippen LogP contribution in [0.3, 0.4) is 0 Å². The zero-order chi connectivity index (χ0) is 13.0. The SMILES string of the molecule is COc1c(Br)cc(Br)cc1CNc1cccnc1. The van der Waals surface area contributed by atoms with E-state index < -0.39 is 0 Å². The smallest absolute Gasteiger partial charge is 0.138 e. The van der Waals surface area contributed by atoms with E-state index in [0.29, 0.717) is 6.54 Å². The number of benzene rings is 1. The fourth-order valence-electron chi connectivity index (χ4n) is 1.64. The van der Waals surface area contributed by atoms with E-state index in [-0.39, 0.29) is 0 Å². The van der Waals surface area contributed by atoms with E-state index in [1.54, 1.807) is 19.5 Å². The predicted molar refractivity (Wildman–Crippen MR) is 80.0 cm³/mol. The van der Waals surface area contributed by atoms with Gasteiger partial charge in [0, 0.05) is 29.0 Å². The quantitative estimate of drug-likeness (QED) is 0.873. The summed E-state index contributed by atoms with van der Waals surface area (Å²) in [6.45, 7) is 0.674. The Hall–Kier alpha value is -1.07. The third-order valence-corrected chi connectivity index (χ3v) is 3.48. The molecule has 1 aromatic heterocycles. The van der Waals surface area contributed by atoms with Crippen molar-refractivity contribution < 1.29 is 4.74 Å². The van der Waals surface area contributed by atoms with E-state index in [4.69, 9.17) is 4.74 Å².